The van der Waals surface area contributed by atoms with E-state index in [1.54, 1.807) is 23.1 Å². The first-order chi connectivity index (χ1) is 8.78. The van der Waals surface area contributed by atoms with E-state index in [9.17, 15) is 4.79 Å². The van der Waals surface area contributed by atoms with E-state index in [-0.39, 0.29) is 11.1 Å². The zero-order chi connectivity index (χ0) is 14.2. The molecule has 2 aromatic rings. The van der Waals surface area contributed by atoms with Crippen molar-refractivity contribution < 1.29 is 0 Å². The first kappa shape index (κ1) is 14.6. The zero-order valence-corrected chi connectivity index (χ0v) is 13.3. The van der Waals surface area contributed by atoms with E-state index in [1.807, 2.05) is 27.7 Å². The molecule has 6 heteroatoms. The Morgan fingerprint density at radius 1 is 1.42 bits per heavy atom. The lowest BCUT2D eigenvalue weighted by molar-refractivity contribution is 0.591. The van der Waals surface area contributed by atoms with Crippen LogP contribution in [-0.4, -0.2) is 21.3 Å². The fraction of sp³-hybridized carbons (Fsp3) is 0.538. The first-order valence-corrected chi connectivity index (χ1v) is 8.10. The van der Waals surface area contributed by atoms with Crippen molar-refractivity contribution in [2.45, 2.75) is 39.0 Å². The Kier molecular flexibility index (Phi) is 4.03. The number of nitrogens with two attached hydrogens (primary N) is 1. The van der Waals surface area contributed by atoms with Gasteiger partial charge < -0.3 is 10.7 Å². The van der Waals surface area contributed by atoms with Crippen molar-refractivity contribution >= 4 is 33.3 Å². The summed E-state index contributed by atoms with van der Waals surface area (Å²) in [6.45, 7) is 7.97. The molecule has 2 rings (SSSR count). The van der Waals surface area contributed by atoms with Gasteiger partial charge in [0.05, 0.1) is 11.1 Å². The molecule has 3 N–H and O–H groups in total. The highest BCUT2D eigenvalue weighted by atomic mass is 32.2. The van der Waals surface area contributed by atoms with Crippen LogP contribution < -0.4 is 11.3 Å². The second-order valence-electron chi connectivity index (χ2n) is 5.46. The number of thiophene rings is 1. The van der Waals surface area contributed by atoms with Crippen molar-refractivity contribution in [3.63, 3.8) is 0 Å². The van der Waals surface area contributed by atoms with Crippen molar-refractivity contribution in [2.24, 2.45) is 5.73 Å². The van der Waals surface area contributed by atoms with Gasteiger partial charge in [0.25, 0.3) is 5.56 Å². The van der Waals surface area contributed by atoms with E-state index < -0.39 is 0 Å². The van der Waals surface area contributed by atoms with E-state index in [2.05, 4.69) is 9.97 Å². The number of aromatic amines is 1. The highest BCUT2D eigenvalue weighted by molar-refractivity contribution is 7.98. The second kappa shape index (κ2) is 5.26. The highest BCUT2D eigenvalue weighted by Crippen LogP contribution is 2.26. The topological polar surface area (TPSA) is 71.8 Å². The molecule has 2 heterocycles. The van der Waals surface area contributed by atoms with Crippen molar-refractivity contribution in [1.29, 1.82) is 0 Å². The van der Waals surface area contributed by atoms with Gasteiger partial charge in [-0.05, 0) is 33.3 Å². The third kappa shape index (κ3) is 3.38. The smallest absolute Gasteiger partial charge is 0.259 e. The Balaban J connectivity index is 2.24. The molecule has 0 radical (unpaired) electrons. The van der Waals surface area contributed by atoms with Gasteiger partial charge in [-0.25, -0.2) is 4.98 Å². The number of hydrogen-bond acceptors (Lipinski definition) is 5. The number of rotatable bonds is 4. The zero-order valence-electron chi connectivity index (χ0n) is 11.7. The molecule has 104 valence electrons. The molecule has 0 aliphatic carbocycles. The molecule has 0 bridgehead atoms. The van der Waals surface area contributed by atoms with Crippen LogP contribution >= 0.6 is 23.1 Å². The summed E-state index contributed by atoms with van der Waals surface area (Å²) in [6, 6.07) is 0. The summed E-state index contributed by atoms with van der Waals surface area (Å²) < 4.78 is 0. The number of aromatic nitrogens is 2. The summed E-state index contributed by atoms with van der Waals surface area (Å²) in [4.78, 5) is 21.5. The second-order valence-corrected chi connectivity index (χ2v) is 7.65. The molecule has 4 nitrogen and oxygen atoms in total. The monoisotopic (exact) mass is 297 g/mol. The summed E-state index contributed by atoms with van der Waals surface area (Å²) in [6.07, 6.45) is 0. The number of nitrogens with one attached hydrogen (secondary N) is 1. The third-order valence-electron chi connectivity index (χ3n) is 2.80. The maximum atomic E-state index is 12.1. The van der Waals surface area contributed by atoms with Gasteiger partial charge in [0, 0.05) is 16.2 Å². The van der Waals surface area contributed by atoms with Gasteiger partial charge in [-0.15, -0.1) is 11.3 Å². The number of nitrogens with zero attached hydrogens (tertiary/aromatic N) is 1. The maximum Gasteiger partial charge on any atom is 0.259 e. The lowest BCUT2D eigenvalue weighted by Gasteiger charge is -2.17. The number of fused-ring (bicyclic) bond motifs is 1. The van der Waals surface area contributed by atoms with E-state index in [0.29, 0.717) is 5.75 Å². The lowest BCUT2D eigenvalue weighted by atomic mass is 10.1. The van der Waals surface area contributed by atoms with Crippen molar-refractivity contribution in [3.05, 3.63) is 26.6 Å². The largest absolute Gasteiger partial charge is 0.325 e. The average Bonchev–Trinajstić information content (AvgIpc) is 2.53. The third-order valence-corrected chi connectivity index (χ3v) is 5.33. The molecule has 0 amide bonds. The van der Waals surface area contributed by atoms with Crippen LogP contribution in [0.3, 0.4) is 0 Å². The summed E-state index contributed by atoms with van der Waals surface area (Å²) in [5.41, 5.74) is 6.73. The predicted octanol–water partition coefficient (Wildman–Crippen LogP) is 2.57. The van der Waals surface area contributed by atoms with E-state index >= 15 is 0 Å². The highest BCUT2D eigenvalue weighted by Gasteiger charge is 2.13. The Hall–Kier alpha value is -0.850. The predicted molar refractivity (Wildman–Crippen MR) is 84.1 cm³/mol. The minimum atomic E-state index is -0.203. The van der Waals surface area contributed by atoms with Gasteiger partial charge in [0.15, 0.2) is 0 Å². The van der Waals surface area contributed by atoms with Gasteiger partial charge in [0.1, 0.15) is 10.7 Å². The Labute approximate surface area is 120 Å². The summed E-state index contributed by atoms with van der Waals surface area (Å²) in [5.74, 6) is 2.24. The molecule has 2 aromatic heterocycles. The summed E-state index contributed by atoms with van der Waals surface area (Å²) >= 11 is 3.27. The molecule has 0 spiro atoms. The van der Waals surface area contributed by atoms with Crippen molar-refractivity contribution in [3.8, 4) is 0 Å². The van der Waals surface area contributed by atoms with Crippen LogP contribution in [0, 0.1) is 13.8 Å². The molecule has 0 saturated heterocycles. The van der Waals surface area contributed by atoms with Gasteiger partial charge in [-0.2, -0.15) is 11.8 Å². The minimum Gasteiger partial charge on any atom is -0.325 e. The van der Waals surface area contributed by atoms with Gasteiger partial charge in [0.2, 0.25) is 0 Å². The average molecular weight is 297 g/mol. The fourth-order valence-corrected chi connectivity index (χ4v) is 3.79. The molecule has 0 aliphatic heterocycles. The summed E-state index contributed by atoms with van der Waals surface area (Å²) in [7, 11) is 0. The molecule has 0 aromatic carbocycles. The van der Waals surface area contributed by atoms with Crippen LogP contribution in [0.1, 0.15) is 30.1 Å². The normalized spacial score (nSPS) is 12.3. The minimum absolute atomic E-state index is 0.0329. The van der Waals surface area contributed by atoms with Gasteiger partial charge in [-0.3, -0.25) is 4.79 Å². The van der Waals surface area contributed by atoms with Crippen LogP contribution in [-0.2, 0) is 5.75 Å². The van der Waals surface area contributed by atoms with Crippen LogP contribution in [0.2, 0.25) is 0 Å². The maximum absolute atomic E-state index is 12.1. The Bertz CT molecular complexity index is 652. The standard InChI is InChI=1S/C13H19N3OS2/c1-7-8(2)19-12-10(7)11(17)15-9(16-12)5-18-6-13(3,4)14/h5-6,14H2,1-4H3,(H,15,16,17). The SMILES string of the molecule is Cc1sc2nc(CSCC(C)(C)N)[nH]c(=O)c2c1C. The molecule has 0 fully saturated rings. The Morgan fingerprint density at radius 2 is 2.11 bits per heavy atom. The van der Waals surface area contributed by atoms with Crippen LogP contribution in [0.15, 0.2) is 4.79 Å². The first-order valence-electron chi connectivity index (χ1n) is 6.13. The number of aryl methyl sites for hydroxylation is 2. The van der Waals surface area contributed by atoms with Crippen LogP contribution in [0.5, 0.6) is 0 Å². The summed E-state index contributed by atoms with van der Waals surface area (Å²) in [5, 5.41) is 0.732. The van der Waals surface area contributed by atoms with Crippen molar-refractivity contribution in [1.82, 2.24) is 9.97 Å². The quantitative estimate of drug-likeness (QED) is 0.910. The lowest BCUT2D eigenvalue weighted by Crippen LogP contribution is -2.34. The molecule has 0 unspecified atom stereocenters. The van der Waals surface area contributed by atoms with Crippen molar-refractivity contribution in [2.75, 3.05) is 5.75 Å². The molecule has 0 saturated carbocycles. The van der Waals surface area contributed by atoms with Crippen LogP contribution in [0.4, 0.5) is 0 Å². The Morgan fingerprint density at radius 3 is 2.74 bits per heavy atom. The molecule has 0 atom stereocenters. The molecule has 19 heavy (non-hydrogen) atoms. The van der Waals surface area contributed by atoms with E-state index in [0.717, 1.165) is 32.2 Å². The van der Waals surface area contributed by atoms with Crippen LogP contribution in [0.25, 0.3) is 10.2 Å². The number of thioether (sulfide) groups is 1. The number of hydrogen-bond donors (Lipinski definition) is 2. The molecular weight excluding hydrogens is 278 g/mol. The van der Waals surface area contributed by atoms with E-state index in [1.165, 1.54) is 0 Å². The fourth-order valence-electron chi connectivity index (χ4n) is 1.78. The molecular formula is C13H19N3OS2. The van der Waals surface area contributed by atoms with Gasteiger partial charge in [-0.1, -0.05) is 0 Å². The number of H-pyrrole nitrogens is 1. The van der Waals surface area contributed by atoms with Gasteiger partial charge >= 0.3 is 0 Å². The van der Waals surface area contributed by atoms with E-state index in [4.69, 9.17) is 5.73 Å². The molecule has 0 aliphatic rings.